The van der Waals surface area contributed by atoms with Crippen molar-refractivity contribution in [1.29, 1.82) is 0 Å². The molecule has 0 fully saturated rings. The third-order valence-electron chi connectivity index (χ3n) is 3.74. The van der Waals surface area contributed by atoms with Crippen molar-refractivity contribution >= 4 is 17.7 Å². The monoisotopic (exact) mass is 309 g/mol. The van der Waals surface area contributed by atoms with Crippen molar-refractivity contribution in [2.75, 3.05) is 13.6 Å². The number of hydrogen-bond acceptors (Lipinski definition) is 4. The van der Waals surface area contributed by atoms with Gasteiger partial charge in [-0.25, -0.2) is 0 Å². The van der Waals surface area contributed by atoms with E-state index >= 15 is 0 Å². The molecule has 116 valence electrons. The van der Waals surface area contributed by atoms with Crippen molar-refractivity contribution in [1.82, 2.24) is 15.2 Å². The van der Waals surface area contributed by atoms with Crippen LogP contribution in [-0.4, -0.2) is 41.2 Å². The number of amides is 3. The van der Waals surface area contributed by atoms with Crippen molar-refractivity contribution in [2.45, 2.75) is 6.42 Å². The molecule has 6 heteroatoms. The lowest BCUT2D eigenvalue weighted by atomic mass is 10.1. The van der Waals surface area contributed by atoms with Gasteiger partial charge in [-0.2, -0.15) is 0 Å². The Labute approximate surface area is 133 Å². The summed E-state index contributed by atoms with van der Waals surface area (Å²) in [6.07, 6.45) is 2.33. The van der Waals surface area contributed by atoms with Crippen LogP contribution in [0, 0.1) is 0 Å². The van der Waals surface area contributed by atoms with Crippen LogP contribution in [0.2, 0.25) is 0 Å². The first-order valence-corrected chi connectivity index (χ1v) is 7.22. The molecule has 0 unspecified atom stereocenters. The molecule has 1 aromatic carbocycles. The fourth-order valence-electron chi connectivity index (χ4n) is 2.45. The first-order chi connectivity index (χ1) is 11.1. The van der Waals surface area contributed by atoms with Gasteiger partial charge in [-0.05, 0) is 30.3 Å². The number of imide groups is 1. The summed E-state index contributed by atoms with van der Waals surface area (Å²) in [5.74, 6) is -1.00. The van der Waals surface area contributed by atoms with Crippen LogP contribution >= 0.6 is 0 Å². The Balaban J connectivity index is 1.67. The SMILES string of the molecule is CN1C(=O)c2ccc(C(=O)NCCc3ccccn3)cc2C1=O. The van der Waals surface area contributed by atoms with E-state index in [1.165, 1.54) is 19.2 Å². The van der Waals surface area contributed by atoms with Crippen LogP contribution in [0.1, 0.15) is 36.8 Å². The number of aromatic nitrogens is 1. The topological polar surface area (TPSA) is 79.4 Å². The van der Waals surface area contributed by atoms with Crippen LogP contribution in [0.15, 0.2) is 42.6 Å². The van der Waals surface area contributed by atoms with Crippen LogP contribution in [0.4, 0.5) is 0 Å². The molecule has 3 amide bonds. The zero-order valence-electron chi connectivity index (χ0n) is 12.6. The molecule has 3 rings (SSSR count). The number of carbonyl (C=O) groups excluding carboxylic acids is 3. The lowest BCUT2D eigenvalue weighted by Gasteiger charge is -2.06. The fraction of sp³-hybridized carbons (Fsp3) is 0.176. The number of pyridine rings is 1. The van der Waals surface area contributed by atoms with E-state index in [4.69, 9.17) is 0 Å². The number of nitrogens with one attached hydrogen (secondary N) is 1. The maximum atomic E-state index is 12.2. The average molecular weight is 309 g/mol. The standard InChI is InChI=1S/C17H15N3O3/c1-20-16(22)13-6-5-11(10-14(13)17(20)23)15(21)19-9-7-12-4-2-3-8-18-12/h2-6,8,10H,7,9H2,1H3,(H,19,21). The minimum atomic E-state index is -0.381. The second-order valence-corrected chi connectivity index (χ2v) is 5.26. The summed E-state index contributed by atoms with van der Waals surface area (Å²) in [4.78, 5) is 41.2. The van der Waals surface area contributed by atoms with Crippen LogP contribution in [0.5, 0.6) is 0 Å². The van der Waals surface area contributed by atoms with Gasteiger partial charge in [0, 0.05) is 37.5 Å². The van der Waals surface area contributed by atoms with E-state index in [1.54, 1.807) is 12.3 Å². The highest BCUT2D eigenvalue weighted by Gasteiger charge is 2.33. The summed E-state index contributed by atoms with van der Waals surface area (Å²) >= 11 is 0. The normalized spacial score (nSPS) is 13.2. The van der Waals surface area contributed by atoms with Gasteiger partial charge in [0.1, 0.15) is 0 Å². The van der Waals surface area contributed by atoms with Crippen LogP contribution in [0.25, 0.3) is 0 Å². The maximum absolute atomic E-state index is 12.2. The second-order valence-electron chi connectivity index (χ2n) is 5.26. The van der Waals surface area contributed by atoms with E-state index < -0.39 is 0 Å². The number of hydrogen-bond donors (Lipinski definition) is 1. The maximum Gasteiger partial charge on any atom is 0.261 e. The molecule has 0 saturated carbocycles. The molecule has 2 heterocycles. The largest absolute Gasteiger partial charge is 0.352 e. The Kier molecular flexibility index (Phi) is 3.89. The van der Waals surface area contributed by atoms with Gasteiger partial charge in [0.15, 0.2) is 0 Å². The van der Waals surface area contributed by atoms with E-state index in [9.17, 15) is 14.4 Å². The van der Waals surface area contributed by atoms with Crippen molar-refractivity contribution < 1.29 is 14.4 Å². The van der Waals surface area contributed by atoms with Gasteiger partial charge < -0.3 is 5.32 Å². The summed E-state index contributed by atoms with van der Waals surface area (Å²) in [5, 5.41) is 2.79. The van der Waals surface area contributed by atoms with Crippen molar-refractivity contribution in [3.05, 3.63) is 65.0 Å². The molecule has 0 atom stereocenters. The van der Waals surface area contributed by atoms with Gasteiger partial charge in [0.05, 0.1) is 11.1 Å². The van der Waals surface area contributed by atoms with E-state index in [0.29, 0.717) is 24.1 Å². The molecule has 23 heavy (non-hydrogen) atoms. The Morgan fingerprint density at radius 2 is 1.91 bits per heavy atom. The predicted octanol–water partition coefficient (Wildman–Crippen LogP) is 1.28. The molecule has 0 spiro atoms. The zero-order valence-corrected chi connectivity index (χ0v) is 12.6. The highest BCUT2D eigenvalue weighted by atomic mass is 16.2. The van der Waals surface area contributed by atoms with Gasteiger partial charge in [-0.15, -0.1) is 0 Å². The smallest absolute Gasteiger partial charge is 0.261 e. The molecule has 0 bridgehead atoms. The lowest BCUT2D eigenvalue weighted by molar-refractivity contribution is 0.0693. The van der Waals surface area contributed by atoms with Gasteiger partial charge in [0.2, 0.25) is 0 Å². The van der Waals surface area contributed by atoms with Crippen LogP contribution in [-0.2, 0) is 6.42 Å². The second kappa shape index (κ2) is 6.00. The number of nitrogens with zero attached hydrogens (tertiary/aromatic N) is 2. The quantitative estimate of drug-likeness (QED) is 0.863. The summed E-state index contributed by atoms with van der Waals surface area (Å²) in [6, 6.07) is 10.2. The Morgan fingerprint density at radius 1 is 1.13 bits per heavy atom. The molecule has 0 radical (unpaired) electrons. The minimum absolute atomic E-state index is 0.273. The van der Waals surface area contributed by atoms with E-state index in [2.05, 4.69) is 10.3 Å². The first kappa shape index (κ1) is 14.9. The molecular weight excluding hydrogens is 294 g/mol. The van der Waals surface area contributed by atoms with Crippen molar-refractivity contribution in [3.63, 3.8) is 0 Å². The molecule has 2 aromatic rings. The van der Waals surface area contributed by atoms with Crippen molar-refractivity contribution in [2.24, 2.45) is 0 Å². The molecule has 0 saturated heterocycles. The van der Waals surface area contributed by atoms with Gasteiger partial charge in [-0.1, -0.05) is 6.07 Å². The zero-order chi connectivity index (χ0) is 16.4. The third kappa shape index (κ3) is 2.83. The van der Waals surface area contributed by atoms with E-state index in [1.807, 2.05) is 18.2 Å². The molecule has 1 aliphatic rings. The molecule has 6 nitrogen and oxygen atoms in total. The summed E-state index contributed by atoms with van der Waals surface area (Å²) < 4.78 is 0. The lowest BCUT2D eigenvalue weighted by Crippen LogP contribution is -2.26. The van der Waals surface area contributed by atoms with E-state index in [-0.39, 0.29) is 23.3 Å². The number of rotatable bonds is 4. The minimum Gasteiger partial charge on any atom is -0.352 e. The Hall–Kier alpha value is -3.02. The number of benzene rings is 1. The molecular formula is C17H15N3O3. The fourth-order valence-corrected chi connectivity index (χ4v) is 2.45. The Morgan fingerprint density at radius 3 is 2.65 bits per heavy atom. The molecule has 0 aliphatic carbocycles. The van der Waals surface area contributed by atoms with Gasteiger partial charge in [0.25, 0.3) is 17.7 Å². The van der Waals surface area contributed by atoms with Gasteiger partial charge >= 0.3 is 0 Å². The van der Waals surface area contributed by atoms with Gasteiger partial charge in [-0.3, -0.25) is 24.3 Å². The van der Waals surface area contributed by atoms with Crippen molar-refractivity contribution in [3.8, 4) is 0 Å². The van der Waals surface area contributed by atoms with Crippen LogP contribution < -0.4 is 5.32 Å². The number of carbonyl (C=O) groups is 3. The third-order valence-corrected chi connectivity index (χ3v) is 3.74. The highest BCUT2D eigenvalue weighted by molar-refractivity contribution is 6.21. The summed E-state index contributed by atoms with van der Waals surface area (Å²) in [5.41, 5.74) is 1.86. The van der Waals surface area contributed by atoms with Crippen LogP contribution in [0.3, 0.4) is 0 Å². The highest BCUT2D eigenvalue weighted by Crippen LogP contribution is 2.22. The first-order valence-electron chi connectivity index (χ1n) is 7.22. The molecule has 1 aliphatic heterocycles. The molecule has 1 aromatic heterocycles. The molecule has 1 N–H and O–H groups in total. The Bertz CT molecular complexity index is 787. The predicted molar refractivity (Wildman–Crippen MR) is 83.1 cm³/mol. The summed E-state index contributed by atoms with van der Waals surface area (Å²) in [7, 11) is 1.43. The van der Waals surface area contributed by atoms with E-state index in [0.717, 1.165) is 10.6 Å². The summed E-state index contributed by atoms with van der Waals surface area (Å²) in [6.45, 7) is 0.444. The number of fused-ring (bicyclic) bond motifs is 1. The average Bonchev–Trinajstić information content (AvgIpc) is 2.80.